The van der Waals surface area contributed by atoms with Gasteiger partial charge in [-0.2, -0.15) is 4.99 Å². The van der Waals surface area contributed by atoms with E-state index >= 15 is 0 Å². The molecule has 2 aliphatic rings. The molecule has 0 N–H and O–H groups in total. The van der Waals surface area contributed by atoms with Crippen molar-refractivity contribution in [1.82, 2.24) is 0 Å². The fraction of sp³-hybridized carbons (Fsp3) is 0.467. The molecule has 0 spiro atoms. The number of anilines is 1. The van der Waals surface area contributed by atoms with Crippen LogP contribution in [0.1, 0.15) is 18.9 Å². The molecule has 7 heteroatoms. The Balaban J connectivity index is 2.01. The number of hydrogen-bond acceptors (Lipinski definition) is 4. The molecule has 2 heterocycles. The van der Waals surface area contributed by atoms with Crippen LogP contribution in [0, 0.1) is 6.92 Å². The number of thioether (sulfide) groups is 1. The first kappa shape index (κ1) is 15.6. The average Bonchev–Trinajstić information content (AvgIpc) is 2.91. The minimum absolute atomic E-state index is 0.0466. The van der Waals surface area contributed by atoms with E-state index in [1.54, 1.807) is 6.92 Å². The minimum atomic E-state index is -3.01. The van der Waals surface area contributed by atoms with Crippen molar-refractivity contribution >= 4 is 38.4 Å². The standard InChI is InChI=1S/C15H18N2O3S2/c1-3-14(18)16-15-17(11-6-4-10(2)5-7-11)12-8-22(19,20)9-13(12)21-15/h4-7,12-13H,3,8-9H2,1-2H3. The predicted octanol–water partition coefficient (Wildman–Crippen LogP) is 2.01. The van der Waals surface area contributed by atoms with Gasteiger partial charge in [0.1, 0.15) is 0 Å². The van der Waals surface area contributed by atoms with E-state index in [9.17, 15) is 13.2 Å². The van der Waals surface area contributed by atoms with Crippen LogP contribution in [0.4, 0.5) is 5.69 Å². The molecule has 2 saturated heterocycles. The van der Waals surface area contributed by atoms with Crippen molar-refractivity contribution in [1.29, 1.82) is 0 Å². The highest BCUT2D eigenvalue weighted by Crippen LogP contribution is 2.40. The zero-order chi connectivity index (χ0) is 15.9. The van der Waals surface area contributed by atoms with Crippen molar-refractivity contribution in [3.05, 3.63) is 29.8 Å². The highest BCUT2D eigenvalue weighted by Gasteiger charge is 2.49. The summed E-state index contributed by atoms with van der Waals surface area (Å²) in [5.41, 5.74) is 2.03. The van der Waals surface area contributed by atoms with Crippen LogP contribution in [0.5, 0.6) is 0 Å². The van der Waals surface area contributed by atoms with Gasteiger partial charge in [0.15, 0.2) is 15.0 Å². The van der Waals surface area contributed by atoms with E-state index in [2.05, 4.69) is 4.99 Å². The number of aryl methyl sites for hydroxylation is 1. The number of rotatable bonds is 2. The second kappa shape index (κ2) is 5.70. The maximum Gasteiger partial charge on any atom is 0.247 e. The summed E-state index contributed by atoms with van der Waals surface area (Å²) in [6.07, 6.45) is 0.347. The Morgan fingerprint density at radius 3 is 2.64 bits per heavy atom. The van der Waals surface area contributed by atoms with Crippen molar-refractivity contribution in [3.8, 4) is 0 Å². The number of fused-ring (bicyclic) bond motifs is 1. The smallest absolute Gasteiger partial charge is 0.247 e. The maximum atomic E-state index is 11.9. The maximum absolute atomic E-state index is 11.9. The van der Waals surface area contributed by atoms with Gasteiger partial charge in [0.2, 0.25) is 5.91 Å². The number of benzene rings is 1. The van der Waals surface area contributed by atoms with E-state index in [0.29, 0.717) is 11.6 Å². The number of amides is 1. The molecule has 1 amide bonds. The highest BCUT2D eigenvalue weighted by molar-refractivity contribution is 8.16. The van der Waals surface area contributed by atoms with E-state index in [1.807, 2.05) is 36.1 Å². The van der Waals surface area contributed by atoms with Gasteiger partial charge in [0.05, 0.1) is 17.5 Å². The monoisotopic (exact) mass is 338 g/mol. The van der Waals surface area contributed by atoms with Gasteiger partial charge in [0.25, 0.3) is 0 Å². The fourth-order valence-electron chi connectivity index (χ4n) is 2.76. The van der Waals surface area contributed by atoms with Crippen LogP contribution in [0.25, 0.3) is 0 Å². The Bertz CT molecular complexity index is 726. The zero-order valence-electron chi connectivity index (χ0n) is 12.5. The fourth-order valence-corrected chi connectivity index (χ4v) is 6.69. The van der Waals surface area contributed by atoms with Gasteiger partial charge in [-0.15, -0.1) is 0 Å². The van der Waals surface area contributed by atoms with Gasteiger partial charge in [-0.3, -0.25) is 4.79 Å². The third-order valence-corrected chi connectivity index (χ3v) is 7.11. The summed E-state index contributed by atoms with van der Waals surface area (Å²) in [4.78, 5) is 17.8. The molecule has 0 aliphatic carbocycles. The van der Waals surface area contributed by atoms with Crippen LogP contribution in [0.15, 0.2) is 29.3 Å². The summed E-state index contributed by atoms with van der Waals surface area (Å²) < 4.78 is 23.8. The number of carbonyl (C=O) groups is 1. The summed E-state index contributed by atoms with van der Waals surface area (Å²) in [5.74, 6) is 0.101. The summed E-state index contributed by atoms with van der Waals surface area (Å²) in [7, 11) is -3.01. The van der Waals surface area contributed by atoms with Gasteiger partial charge in [-0.25, -0.2) is 8.42 Å². The molecule has 0 bridgehead atoms. The highest BCUT2D eigenvalue weighted by atomic mass is 32.2. The predicted molar refractivity (Wildman–Crippen MR) is 90.2 cm³/mol. The SMILES string of the molecule is CCC(=O)N=C1SC2CS(=O)(=O)CC2N1c1ccc(C)cc1. The Labute approximate surface area is 134 Å². The first-order valence-electron chi connectivity index (χ1n) is 7.24. The van der Waals surface area contributed by atoms with Crippen LogP contribution in [-0.4, -0.2) is 42.3 Å². The summed E-state index contributed by atoms with van der Waals surface area (Å²) in [6, 6.07) is 7.73. The van der Waals surface area contributed by atoms with E-state index in [1.165, 1.54) is 11.8 Å². The third-order valence-electron chi connectivity index (χ3n) is 3.90. The third kappa shape index (κ3) is 2.92. The molecule has 1 aromatic rings. The molecule has 22 heavy (non-hydrogen) atoms. The normalized spacial score (nSPS) is 28.1. The summed E-state index contributed by atoms with van der Waals surface area (Å²) >= 11 is 1.41. The van der Waals surface area contributed by atoms with Crippen molar-refractivity contribution in [3.63, 3.8) is 0 Å². The number of nitrogens with zero attached hydrogens (tertiary/aromatic N) is 2. The molecular weight excluding hydrogens is 320 g/mol. The molecule has 2 aliphatic heterocycles. The lowest BCUT2D eigenvalue weighted by molar-refractivity contribution is -0.117. The second-order valence-electron chi connectivity index (χ2n) is 5.65. The molecule has 118 valence electrons. The molecule has 0 aromatic heterocycles. The Hall–Kier alpha value is -1.34. The van der Waals surface area contributed by atoms with E-state index in [4.69, 9.17) is 0 Å². The second-order valence-corrected chi connectivity index (χ2v) is 9.01. The van der Waals surface area contributed by atoms with E-state index in [-0.39, 0.29) is 28.7 Å². The molecule has 0 radical (unpaired) electrons. The topological polar surface area (TPSA) is 66.8 Å². The molecule has 1 aromatic carbocycles. The lowest BCUT2D eigenvalue weighted by atomic mass is 10.1. The van der Waals surface area contributed by atoms with E-state index < -0.39 is 9.84 Å². The van der Waals surface area contributed by atoms with Gasteiger partial charge in [-0.05, 0) is 19.1 Å². The lowest BCUT2D eigenvalue weighted by Crippen LogP contribution is -2.37. The molecule has 5 nitrogen and oxygen atoms in total. The number of hydrogen-bond donors (Lipinski definition) is 0. The van der Waals surface area contributed by atoms with Gasteiger partial charge < -0.3 is 4.90 Å². The van der Waals surface area contributed by atoms with Gasteiger partial charge in [0, 0.05) is 17.4 Å². The van der Waals surface area contributed by atoms with Crippen molar-refractivity contribution in [2.75, 3.05) is 16.4 Å². The van der Waals surface area contributed by atoms with Crippen LogP contribution in [0.3, 0.4) is 0 Å². The molecule has 0 saturated carbocycles. The van der Waals surface area contributed by atoms with Crippen molar-refractivity contribution in [2.45, 2.75) is 31.6 Å². The minimum Gasteiger partial charge on any atom is -0.316 e. The molecule has 2 fully saturated rings. The molecular formula is C15H18N2O3S2. The number of carbonyl (C=O) groups excluding carboxylic acids is 1. The quantitative estimate of drug-likeness (QED) is 0.825. The summed E-state index contributed by atoms with van der Waals surface area (Å²) in [6.45, 7) is 3.77. The van der Waals surface area contributed by atoms with Crippen molar-refractivity contribution < 1.29 is 13.2 Å². The first-order chi connectivity index (χ1) is 10.4. The zero-order valence-corrected chi connectivity index (χ0v) is 14.2. The van der Waals surface area contributed by atoms with Gasteiger partial charge >= 0.3 is 0 Å². The largest absolute Gasteiger partial charge is 0.316 e. The first-order valence-corrected chi connectivity index (χ1v) is 9.94. The van der Waals surface area contributed by atoms with Gasteiger partial charge in [-0.1, -0.05) is 36.4 Å². The van der Waals surface area contributed by atoms with E-state index in [0.717, 1.165) is 11.3 Å². The Morgan fingerprint density at radius 2 is 2.00 bits per heavy atom. The summed E-state index contributed by atoms with van der Waals surface area (Å²) in [5, 5.41) is 0.579. The lowest BCUT2D eigenvalue weighted by Gasteiger charge is -2.24. The average molecular weight is 338 g/mol. The van der Waals surface area contributed by atoms with Crippen LogP contribution in [-0.2, 0) is 14.6 Å². The Kier molecular flexibility index (Phi) is 4.03. The molecule has 2 unspecified atom stereocenters. The van der Waals surface area contributed by atoms with Crippen LogP contribution < -0.4 is 4.90 Å². The molecule has 3 rings (SSSR count). The number of aliphatic imine (C=N–C) groups is 1. The van der Waals surface area contributed by atoms with Crippen LogP contribution >= 0.6 is 11.8 Å². The molecule has 2 atom stereocenters. The number of amidine groups is 1. The Morgan fingerprint density at radius 1 is 1.32 bits per heavy atom. The van der Waals surface area contributed by atoms with Crippen molar-refractivity contribution in [2.24, 2.45) is 4.99 Å². The van der Waals surface area contributed by atoms with Crippen LogP contribution in [0.2, 0.25) is 0 Å². The number of sulfone groups is 1.